The summed E-state index contributed by atoms with van der Waals surface area (Å²) in [5.41, 5.74) is 0.623. The third-order valence-electron chi connectivity index (χ3n) is 1.91. The quantitative estimate of drug-likeness (QED) is 0.451. The molecule has 0 atom stereocenters. The summed E-state index contributed by atoms with van der Waals surface area (Å²) in [6, 6.07) is 5.55. The van der Waals surface area contributed by atoms with Gasteiger partial charge in [0.15, 0.2) is 0 Å². The predicted octanol–water partition coefficient (Wildman–Crippen LogP) is -3.51. The van der Waals surface area contributed by atoms with Gasteiger partial charge >= 0.3 is 29.6 Å². The van der Waals surface area contributed by atoms with E-state index in [1.807, 2.05) is 0 Å². The molecule has 0 bridgehead atoms. The number of aliphatic carboxylic acids is 1. The zero-order chi connectivity index (χ0) is 12.3. The number of carbonyl (C=O) groups is 1. The molecule has 1 rings (SSSR count). The number of nitrogens with two attached hydrogens (primary N) is 1. The van der Waals surface area contributed by atoms with Crippen LogP contribution in [0.2, 0.25) is 0 Å². The van der Waals surface area contributed by atoms with Gasteiger partial charge in [0.1, 0.15) is 0 Å². The van der Waals surface area contributed by atoms with Gasteiger partial charge in [-0.2, -0.15) is 0 Å². The molecular formula is C10H10NNaO4S. The van der Waals surface area contributed by atoms with Crippen LogP contribution in [0.4, 0.5) is 0 Å². The second kappa shape index (κ2) is 6.32. The summed E-state index contributed by atoms with van der Waals surface area (Å²) >= 11 is 0. The Morgan fingerprint density at radius 2 is 1.76 bits per heavy atom. The summed E-state index contributed by atoms with van der Waals surface area (Å²) in [6.07, 6.45) is 1.38. The molecule has 0 unspecified atom stereocenters. The number of carbonyl (C=O) groups excluding carboxylic acids is 1. The van der Waals surface area contributed by atoms with Crippen molar-refractivity contribution in [3.8, 4) is 0 Å². The van der Waals surface area contributed by atoms with E-state index in [0.717, 1.165) is 0 Å². The molecule has 0 aromatic heterocycles. The monoisotopic (exact) mass is 263 g/mol. The zero-order valence-corrected chi connectivity index (χ0v) is 12.3. The van der Waals surface area contributed by atoms with Crippen molar-refractivity contribution in [2.45, 2.75) is 11.8 Å². The number of carboxylic acids is 1. The minimum Gasteiger partial charge on any atom is -0.545 e. The normalized spacial score (nSPS) is 11.8. The number of sulfonamides is 1. The smallest absolute Gasteiger partial charge is 0.545 e. The number of rotatable bonds is 3. The van der Waals surface area contributed by atoms with E-state index in [9.17, 15) is 18.3 Å². The summed E-state index contributed by atoms with van der Waals surface area (Å²) < 4.78 is 21.9. The second-order valence-electron chi connectivity index (χ2n) is 3.23. The van der Waals surface area contributed by atoms with Crippen molar-refractivity contribution in [2.24, 2.45) is 5.14 Å². The molecule has 86 valence electrons. The average molecular weight is 263 g/mol. The first kappa shape index (κ1) is 16.3. The topological polar surface area (TPSA) is 100 Å². The fourth-order valence-electron chi connectivity index (χ4n) is 1.06. The Labute approximate surface area is 122 Å². The van der Waals surface area contributed by atoms with Crippen molar-refractivity contribution < 1.29 is 47.9 Å². The van der Waals surface area contributed by atoms with E-state index < -0.39 is 16.0 Å². The molecule has 1 aromatic rings. The summed E-state index contributed by atoms with van der Waals surface area (Å²) in [4.78, 5) is 10.4. The van der Waals surface area contributed by atoms with Gasteiger partial charge in [0.25, 0.3) is 0 Å². The molecule has 2 N–H and O–H groups in total. The maximum atomic E-state index is 10.9. The van der Waals surface area contributed by atoms with Crippen LogP contribution in [0.1, 0.15) is 12.5 Å². The van der Waals surface area contributed by atoms with E-state index in [1.165, 1.54) is 37.3 Å². The van der Waals surface area contributed by atoms with Crippen molar-refractivity contribution >= 4 is 22.1 Å². The SMILES string of the molecule is CC(=Cc1ccc(S(N)(=O)=O)cc1)C(=O)[O-].[Na+]. The third kappa shape index (κ3) is 5.01. The molecule has 0 heterocycles. The van der Waals surface area contributed by atoms with E-state index >= 15 is 0 Å². The minimum atomic E-state index is -3.71. The summed E-state index contributed by atoms with van der Waals surface area (Å²) in [5, 5.41) is 15.3. The molecule has 0 spiro atoms. The van der Waals surface area contributed by atoms with Gasteiger partial charge in [0, 0.05) is 0 Å². The van der Waals surface area contributed by atoms with E-state index in [0.29, 0.717) is 5.56 Å². The van der Waals surface area contributed by atoms with Gasteiger partial charge < -0.3 is 9.90 Å². The van der Waals surface area contributed by atoms with Crippen LogP contribution in [0.5, 0.6) is 0 Å². The maximum Gasteiger partial charge on any atom is 1.00 e. The van der Waals surface area contributed by atoms with E-state index in [-0.39, 0.29) is 40.0 Å². The van der Waals surface area contributed by atoms with Gasteiger partial charge in [0.05, 0.1) is 10.9 Å². The first-order chi connectivity index (χ1) is 7.30. The predicted molar refractivity (Wildman–Crippen MR) is 56.5 cm³/mol. The Balaban J connectivity index is 0.00000256. The van der Waals surface area contributed by atoms with Gasteiger partial charge in [-0.15, -0.1) is 0 Å². The molecule has 0 radical (unpaired) electrons. The summed E-state index contributed by atoms with van der Waals surface area (Å²) in [6.45, 7) is 1.39. The Bertz CT molecular complexity index is 534. The molecule has 0 aliphatic heterocycles. The Morgan fingerprint density at radius 1 is 1.29 bits per heavy atom. The minimum absolute atomic E-state index is 0. The van der Waals surface area contributed by atoms with Crippen molar-refractivity contribution in [1.29, 1.82) is 0 Å². The first-order valence-electron chi connectivity index (χ1n) is 4.33. The van der Waals surface area contributed by atoms with E-state index in [1.54, 1.807) is 0 Å². The summed E-state index contributed by atoms with van der Waals surface area (Å²) in [7, 11) is -3.71. The fraction of sp³-hybridized carbons (Fsp3) is 0.100. The molecule has 0 aliphatic carbocycles. The van der Waals surface area contributed by atoms with Crippen LogP contribution < -0.4 is 39.8 Å². The maximum absolute atomic E-state index is 10.9. The Kier molecular flexibility index (Phi) is 6.08. The first-order valence-corrected chi connectivity index (χ1v) is 5.88. The molecular weight excluding hydrogens is 253 g/mol. The van der Waals surface area contributed by atoms with Crippen molar-refractivity contribution in [2.75, 3.05) is 0 Å². The van der Waals surface area contributed by atoms with Gasteiger partial charge in [0.2, 0.25) is 10.0 Å². The molecule has 0 fully saturated rings. The largest absolute Gasteiger partial charge is 1.00 e. The van der Waals surface area contributed by atoms with Gasteiger partial charge in [-0.05, 0) is 30.2 Å². The number of hydrogen-bond acceptors (Lipinski definition) is 4. The molecule has 0 aliphatic rings. The third-order valence-corrected chi connectivity index (χ3v) is 2.84. The zero-order valence-electron chi connectivity index (χ0n) is 9.51. The molecule has 7 heteroatoms. The molecule has 1 aromatic carbocycles. The number of benzene rings is 1. The molecule has 17 heavy (non-hydrogen) atoms. The number of hydrogen-bond donors (Lipinski definition) is 1. The van der Waals surface area contributed by atoms with E-state index in [2.05, 4.69) is 0 Å². The van der Waals surface area contributed by atoms with Gasteiger partial charge in [-0.25, -0.2) is 13.6 Å². The molecule has 0 saturated carbocycles. The van der Waals surface area contributed by atoms with Crippen LogP contribution in [0.25, 0.3) is 6.08 Å². The molecule has 0 saturated heterocycles. The van der Waals surface area contributed by atoms with E-state index in [4.69, 9.17) is 5.14 Å². The Morgan fingerprint density at radius 3 is 2.12 bits per heavy atom. The van der Waals surface area contributed by atoms with Gasteiger partial charge in [-0.3, -0.25) is 0 Å². The second-order valence-corrected chi connectivity index (χ2v) is 4.79. The van der Waals surface area contributed by atoms with Crippen LogP contribution in [0, 0.1) is 0 Å². The van der Waals surface area contributed by atoms with Crippen LogP contribution in [0.3, 0.4) is 0 Å². The Hall–Kier alpha value is -0.660. The van der Waals surface area contributed by atoms with Crippen LogP contribution in [-0.2, 0) is 14.8 Å². The fourth-order valence-corrected chi connectivity index (χ4v) is 1.58. The van der Waals surface area contributed by atoms with Crippen molar-refractivity contribution in [3.05, 3.63) is 35.4 Å². The van der Waals surface area contributed by atoms with Crippen LogP contribution in [-0.4, -0.2) is 14.4 Å². The van der Waals surface area contributed by atoms with Crippen molar-refractivity contribution in [3.63, 3.8) is 0 Å². The average Bonchev–Trinajstić information content (AvgIpc) is 2.17. The van der Waals surface area contributed by atoms with Crippen molar-refractivity contribution in [1.82, 2.24) is 0 Å². The number of primary sulfonamides is 1. The number of carboxylic acid groups (broad SMARTS) is 1. The summed E-state index contributed by atoms with van der Waals surface area (Å²) in [5.74, 6) is -1.27. The van der Waals surface area contributed by atoms with Crippen LogP contribution >= 0.6 is 0 Å². The molecule has 0 amide bonds. The molecule has 5 nitrogen and oxygen atoms in total. The van der Waals surface area contributed by atoms with Gasteiger partial charge in [-0.1, -0.05) is 18.2 Å². The van der Waals surface area contributed by atoms with Crippen LogP contribution in [0.15, 0.2) is 34.7 Å². The standard InChI is InChI=1S/C10H11NO4S.Na/c1-7(10(12)13)6-8-2-4-9(5-3-8)16(11,14)15;/h2-6H,1H3,(H,12,13)(H2,11,14,15);/q;+1/p-1.